The topological polar surface area (TPSA) is 40.5 Å². The largest absolute Gasteiger partial charge is 0.388 e. The fourth-order valence-corrected chi connectivity index (χ4v) is 2.07. The lowest BCUT2D eigenvalue weighted by molar-refractivity contribution is -0.116. The van der Waals surface area contributed by atoms with Crippen LogP contribution in [0.5, 0.6) is 0 Å². The van der Waals surface area contributed by atoms with Crippen LogP contribution >= 0.6 is 11.6 Å². The maximum Gasteiger partial charge on any atom is 0.223 e. The molecule has 3 nitrogen and oxygen atoms in total. The zero-order valence-corrected chi connectivity index (χ0v) is 9.16. The number of carbonyl (C=O) groups is 1. The number of carbonyl (C=O) groups excluding carboxylic acids is 1. The van der Waals surface area contributed by atoms with Crippen LogP contribution in [0.4, 0.5) is 5.69 Å². The third-order valence-corrected chi connectivity index (χ3v) is 2.88. The van der Waals surface area contributed by atoms with E-state index in [0.29, 0.717) is 18.0 Å². The summed E-state index contributed by atoms with van der Waals surface area (Å²) in [5.74, 6) is -0.00882. The molecule has 1 aliphatic heterocycles. The van der Waals surface area contributed by atoms with E-state index in [1.807, 2.05) is 0 Å². The Morgan fingerprint density at radius 2 is 2.33 bits per heavy atom. The molecule has 0 spiro atoms. The normalized spacial score (nSPS) is 19.9. The average Bonchev–Trinajstić information content (AvgIpc) is 2.19. The number of amides is 1. The molecule has 1 unspecified atom stereocenters. The number of rotatable bonds is 0. The van der Waals surface area contributed by atoms with Gasteiger partial charge in [0.05, 0.1) is 6.10 Å². The third-order valence-electron chi connectivity index (χ3n) is 2.65. The van der Waals surface area contributed by atoms with E-state index < -0.39 is 6.10 Å². The van der Waals surface area contributed by atoms with Gasteiger partial charge in [0.2, 0.25) is 5.91 Å². The van der Waals surface area contributed by atoms with Crippen LogP contribution < -0.4 is 4.90 Å². The number of hydrogen-bond acceptors (Lipinski definition) is 2. The Bertz CT molecular complexity index is 406. The number of aliphatic hydroxyl groups is 1. The average molecular weight is 226 g/mol. The maximum atomic E-state index is 11.4. The van der Waals surface area contributed by atoms with Crippen LogP contribution in [0, 0.1) is 0 Å². The number of hydrogen-bond donors (Lipinski definition) is 1. The molecular weight excluding hydrogens is 214 g/mol. The van der Waals surface area contributed by atoms with E-state index in [2.05, 4.69) is 0 Å². The summed E-state index contributed by atoms with van der Waals surface area (Å²) in [5, 5.41) is 10.4. The van der Waals surface area contributed by atoms with Gasteiger partial charge in [0.1, 0.15) is 0 Å². The van der Waals surface area contributed by atoms with Crippen LogP contribution in [0.2, 0.25) is 5.02 Å². The second kappa shape index (κ2) is 3.83. The van der Waals surface area contributed by atoms with Gasteiger partial charge in [-0.1, -0.05) is 11.6 Å². The standard InChI is InChI=1S/C11H12ClNO2/c1-7(14)13-5-4-11(15)9-6-8(12)2-3-10(9)13/h2-3,6,11,15H,4-5H2,1H3. The monoisotopic (exact) mass is 225 g/mol. The Hall–Kier alpha value is -1.06. The van der Waals surface area contributed by atoms with Gasteiger partial charge in [0, 0.05) is 29.7 Å². The minimum atomic E-state index is -0.519. The molecule has 80 valence electrons. The van der Waals surface area contributed by atoms with Gasteiger partial charge in [-0.15, -0.1) is 0 Å². The fraction of sp³-hybridized carbons (Fsp3) is 0.364. The minimum absolute atomic E-state index is 0.00882. The molecular formula is C11H12ClNO2. The van der Waals surface area contributed by atoms with Crippen molar-refractivity contribution < 1.29 is 9.90 Å². The molecule has 0 fully saturated rings. The minimum Gasteiger partial charge on any atom is -0.388 e. The van der Waals surface area contributed by atoms with Crippen molar-refractivity contribution in [2.24, 2.45) is 0 Å². The van der Waals surface area contributed by atoms with Gasteiger partial charge in [-0.2, -0.15) is 0 Å². The summed E-state index contributed by atoms with van der Waals surface area (Å²) in [6, 6.07) is 5.23. The Kier molecular flexibility index (Phi) is 2.67. The molecule has 1 aromatic rings. The number of benzene rings is 1. The van der Waals surface area contributed by atoms with Gasteiger partial charge in [0.15, 0.2) is 0 Å². The van der Waals surface area contributed by atoms with Gasteiger partial charge in [0.25, 0.3) is 0 Å². The first-order chi connectivity index (χ1) is 7.09. The van der Waals surface area contributed by atoms with Gasteiger partial charge >= 0.3 is 0 Å². The van der Waals surface area contributed by atoms with Crippen LogP contribution in [0.25, 0.3) is 0 Å². The number of aliphatic hydroxyl groups excluding tert-OH is 1. The Labute approximate surface area is 93.3 Å². The molecule has 2 rings (SSSR count). The summed E-state index contributed by atoms with van der Waals surface area (Å²) in [4.78, 5) is 13.0. The summed E-state index contributed by atoms with van der Waals surface area (Å²) in [5.41, 5.74) is 1.51. The lowest BCUT2D eigenvalue weighted by Crippen LogP contribution is -2.34. The van der Waals surface area contributed by atoms with Crippen molar-refractivity contribution in [3.63, 3.8) is 0 Å². The zero-order chi connectivity index (χ0) is 11.0. The SMILES string of the molecule is CC(=O)N1CCC(O)c2cc(Cl)ccc21. The summed E-state index contributed by atoms with van der Waals surface area (Å²) >= 11 is 5.85. The number of nitrogens with zero attached hydrogens (tertiary/aromatic N) is 1. The van der Waals surface area contributed by atoms with Crippen molar-refractivity contribution in [1.29, 1.82) is 0 Å². The van der Waals surface area contributed by atoms with Crippen molar-refractivity contribution in [3.8, 4) is 0 Å². The molecule has 4 heteroatoms. The molecule has 0 saturated carbocycles. The van der Waals surface area contributed by atoms with Crippen LogP contribution in [-0.2, 0) is 4.79 Å². The Balaban J connectivity index is 2.50. The molecule has 1 atom stereocenters. The highest BCUT2D eigenvalue weighted by molar-refractivity contribution is 6.30. The number of halogens is 1. The van der Waals surface area contributed by atoms with Crippen molar-refractivity contribution in [3.05, 3.63) is 28.8 Å². The van der Waals surface area contributed by atoms with Gasteiger partial charge in [-0.3, -0.25) is 4.79 Å². The zero-order valence-electron chi connectivity index (χ0n) is 8.40. The third kappa shape index (κ3) is 1.85. The maximum absolute atomic E-state index is 11.4. The summed E-state index contributed by atoms with van der Waals surface area (Å²) < 4.78 is 0. The van der Waals surface area contributed by atoms with Gasteiger partial charge in [-0.25, -0.2) is 0 Å². The highest BCUT2D eigenvalue weighted by Crippen LogP contribution is 2.35. The van der Waals surface area contributed by atoms with Crippen molar-refractivity contribution >= 4 is 23.2 Å². The Morgan fingerprint density at radius 3 is 3.00 bits per heavy atom. The second-order valence-electron chi connectivity index (χ2n) is 3.68. The van der Waals surface area contributed by atoms with E-state index in [4.69, 9.17) is 11.6 Å². The Morgan fingerprint density at radius 1 is 1.60 bits per heavy atom. The van der Waals surface area contributed by atoms with E-state index in [0.717, 1.165) is 11.3 Å². The fourth-order valence-electron chi connectivity index (χ4n) is 1.89. The number of anilines is 1. The van der Waals surface area contributed by atoms with Crippen LogP contribution in [0.15, 0.2) is 18.2 Å². The smallest absolute Gasteiger partial charge is 0.223 e. The summed E-state index contributed by atoms with van der Waals surface area (Å²) in [6.07, 6.45) is 0.0433. The van der Waals surface area contributed by atoms with Crippen molar-refractivity contribution in [2.45, 2.75) is 19.4 Å². The first-order valence-corrected chi connectivity index (χ1v) is 5.23. The molecule has 0 bridgehead atoms. The van der Waals surface area contributed by atoms with Gasteiger partial charge in [-0.05, 0) is 24.6 Å². The van der Waals surface area contributed by atoms with Crippen LogP contribution in [0.3, 0.4) is 0 Å². The van der Waals surface area contributed by atoms with Gasteiger partial charge < -0.3 is 10.0 Å². The molecule has 0 aromatic heterocycles. The van der Waals surface area contributed by atoms with Crippen molar-refractivity contribution in [2.75, 3.05) is 11.4 Å². The molecule has 1 N–H and O–H groups in total. The molecule has 1 aromatic carbocycles. The lowest BCUT2D eigenvalue weighted by Gasteiger charge is -2.31. The number of fused-ring (bicyclic) bond motifs is 1. The van der Waals surface area contributed by atoms with E-state index in [1.54, 1.807) is 23.1 Å². The molecule has 15 heavy (non-hydrogen) atoms. The molecule has 0 aliphatic carbocycles. The van der Waals surface area contributed by atoms with E-state index in [1.165, 1.54) is 6.92 Å². The molecule has 0 saturated heterocycles. The van der Waals surface area contributed by atoms with E-state index >= 15 is 0 Å². The van der Waals surface area contributed by atoms with Crippen LogP contribution in [0.1, 0.15) is 25.0 Å². The lowest BCUT2D eigenvalue weighted by atomic mass is 9.99. The summed E-state index contributed by atoms with van der Waals surface area (Å²) in [7, 11) is 0. The highest BCUT2D eigenvalue weighted by Gasteiger charge is 2.25. The predicted molar refractivity (Wildman–Crippen MR) is 59.1 cm³/mol. The highest BCUT2D eigenvalue weighted by atomic mass is 35.5. The molecule has 1 amide bonds. The summed E-state index contributed by atoms with van der Waals surface area (Å²) in [6.45, 7) is 2.08. The molecule has 1 aliphatic rings. The molecule has 0 radical (unpaired) electrons. The molecule has 1 heterocycles. The quantitative estimate of drug-likeness (QED) is 0.735. The van der Waals surface area contributed by atoms with E-state index in [9.17, 15) is 9.90 Å². The second-order valence-corrected chi connectivity index (χ2v) is 4.11. The predicted octanol–water partition coefficient (Wildman–Crippen LogP) is 2.13. The first kappa shape index (κ1) is 10.5. The van der Waals surface area contributed by atoms with E-state index in [-0.39, 0.29) is 5.91 Å². The first-order valence-electron chi connectivity index (χ1n) is 4.85. The van der Waals surface area contributed by atoms with Crippen LogP contribution in [-0.4, -0.2) is 17.6 Å². The van der Waals surface area contributed by atoms with Crippen molar-refractivity contribution in [1.82, 2.24) is 0 Å².